The lowest BCUT2D eigenvalue weighted by molar-refractivity contribution is -0.148. The highest BCUT2D eigenvalue weighted by Gasteiger charge is 2.34. The Balaban J connectivity index is 2.38. The summed E-state index contributed by atoms with van der Waals surface area (Å²) in [5.41, 5.74) is 0. The van der Waals surface area contributed by atoms with Gasteiger partial charge in [-0.1, -0.05) is 33.1 Å². The molecule has 0 saturated heterocycles. The Morgan fingerprint density at radius 3 is 2.67 bits per heavy atom. The van der Waals surface area contributed by atoms with Gasteiger partial charge in [-0.3, -0.25) is 4.79 Å². The molecule has 0 aromatic carbocycles. The molecule has 1 fully saturated rings. The predicted molar refractivity (Wildman–Crippen MR) is 61.6 cm³/mol. The minimum absolute atomic E-state index is 0.116. The molecule has 15 heavy (non-hydrogen) atoms. The Labute approximate surface area is 93.4 Å². The number of hydrogen-bond acceptors (Lipinski definition) is 2. The second kappa shape index (κ2) is 6.14. The fraction of sp³-hybridized carbons (Fsp3) is 0.923. The topological polar surface area (TPSA) is 26.3 Å². The van der Waals surface area contributed by atoms with Gasteiger partial charge in [0.2, 0.25) is 0 Å². The maximum Gasteiger partial charge on any atom is 0.302 e. The van der Waals surface area contributed by atoms with Crippen molar-refractivity contribution in [1.29, 1.82) is 0 Å². The zero-order valence-corrected chi connectivity index (χ0v) is 10.3. The highest BCUT2D eigenvalue weighted by Crippen LogP contribution is 2.37. The summed E-state index contributed by atoms with van der Waals surface area (Å²) >= 11 is 0. The first-order valence-corrected chi connectivity index (χ1v) is 6.32. The van der Waals surface area contributed by atoms with E-state index in [9.17, 15) is 4.79 Å². The smallest absolute Gasteiger partial charge is 0.302 e. The van der Waals surface area contributed by atoms with Crippen molar-refractivity contribution in [3.05, 3.63) is 0 Å². The molecule has 3 unspecified atom stereocenters. The first-order valence-electron chi connectivity index (χ1n) is 6.32. The van der Waals surface area contributed by atoms with Gasteiger partial charge in [0.25, 0.3) is 0 Å². The molecule has 3 atom stereocenters. The molecule has 0 N–H and O–H groups in total. The van der Waals surface area contributed by atoms with Crippen LogP contribution in [0.3, 0.4) is 0 Å². The number of ether oxygens (including phenoxy) is 1. The first kappa shape index (κ1) is 12.5. The number of carbonyl (C=O) groups is 1. The van der Waals surface area contributed by atoms with Crippen LogP contribution in [-0.4, -0.2) is 12.1 Å². The largest absolute Gasteiger partial charge is 0.462 e. The van der Waals surface area contributed by atoms with Gasteiger partial charge in [-0.25, -0.2) is 0 Å². The van der Waals surface area contributed by atoms with Gasteiger partial charge in [-0.2, -0.15) is 0 Å². The van der Waals surface area contributed by atoms with Gasteiger partial charge in [0.05, 0.1) is 0 Å². The fourth-order valence-electron chi connectivity index (χ4n) is 2.68. The molecule has 0 radical (unpaired) electrons. The van der Waals surface area contributed by atoms with Crippen LogP contribution in [0.4, 0.5) is 0 Å². The SMILES string of the molecule is CCCCCC1C(C)CCC1OC(C)=O. The van der Waals surface area contributed by atoms with E-state index in [1.165, 1.54) is 39.0 Å². The lowest BCUT2D eigenvalue weighted by Gasteiger charge is -2.22. The maximum atomic E-state index is 11.0. The third-order valence-corrected chi connectivity index (χ3v) is 3.57. The Kier molecular flexibility index (Phi) is 5.13. The highest BCUT2D eigenvalue weighted by atomic mass is 16.5. The van der Waals surface area contributed by atoms with Crippen molar-refractivity contribution >= 4 is 5.97 Å². The molecule has 1 rings (SSSR count). The average molecular weight is 212 g/mol. The number of hydrogen-bond donors (Lipinski definition) is 0. The molecule has 0 spiro atoms. The zero-order valence-electron chi connectivity index (χ0n) is 10.3. The van der Waals surface area contributed by atoms with E-state index in [0.29, 0.717) is 5.92 Å². The first-order chi connectivity index (χ1) is 7.15. The molecule has 0 amide bonds. The third-order valence-electron chi connectivity index (χ3n) is 3.57. The average Bonchev–Trinajstić information content (AvgIpc) is 2.49. The van der Waals surface area contributed by atoms with Gasteiger partial charge in [0.1, 0.15) is 6.10 Å². The van der Waals surface area contributed by atoms with Crippen LogP contribution in [-0.2, 0) is 9.53 Å². The highest BCUT2D eigenvalue weighted by molar-refractivity contribution is 5.66. The Morgan fingerprint density at radius 1 is 1.33 bits per heavy atom. The Morgan fingerprint density at radius 2 is 2.07 bits per heavy atom. The molecule has 0 heterocycles. The third kappa shape index (κ3) is 3.84. The van der Waals surface area contributed by atoms with Crippen LogP contribution in [0.25, 0.3) is 0 Å². The summed E-state index contributed by atoms with van der Waals surface area (Å²) < 4.78 is 5.39. The summed E-state index contributed by atoms with van der Waals surface area (Å²) in [6.07, 6.45) is 7.56. The predicted octanol–water partition coefficient (Wildman–Crippen LogP) is 3.54. The van der Waals surface area contributed by atoms with Crippen molar-refractivity contribution in [3.8, 4) is 0 Å². The molecular weight excluding hydrogens is 188 g/mol. The monoisotopic (exact) mass is 212 g/mol. The van der Waals surface area contributed by atoms with Crippen LogP contribution in [0.5, 0.6) is 0 Å². The lowest BCUT2D eigenvalue weighted by Crippen LogP contribution is -2.23. The summed E-state index contributed by atoms with van der Waals surface area (Å²) in [5.74, 6) is 1.22. The molecule has 88 valence electrons. The van der Waals surface area contributed by atoms with Crippen LogP contribution >= 0.6 is 0 Å². The van der Waals surface area contributed by atoms with Crippen LogP contribution in [0.2, 0.25) is 0 Å². The van der Waals surface area contributed by atoms with Crippen LogP contribution < -0.4 is 0 Å². The molecular formula is C13H24O2. The number of unbranched alkanes of at least 4 members (excludes halogenated alkanes) is 2. The van der Waals surface area contributed by atoms with Gasteiger partial charge in [-0.15, -0.1) is 0 Å². The zero-order chi connectivity index (χ0) is 11.3. The van der Waals surface area contributed by atoms with Crippen molar-refractivity contribution < 1.29 is 9.53 Å². The van der Waals surface area contributed by atoms with Crippen molar-refractivity contribution in [2.75, 3.05) is 0 Å². The van der Waals surface area contributed by atoms with Gasteiger partial charge >= 0.3 is 5.97 Å². The molecule has 0 aromatic heterocycles. The molecule has 2 nitrogen and oxygen atoms in total. The van der Waals surface area contributed by atoms with E-state index >= 15 is 0 Å². The van der Waals surface area contributed by atoms with Crippen LogP contribution in [0.1, 0.15) is 59.3 Å². The molecule has 0 aliphatic heterocycles. The fourth-order valence-corrected chi connectivity index (χ4v) is 2.68. The molecule has 0 aromatic rings. The quantitative estimate of drug-likeness (QED) is 0.514. The van der Waals surface area contributed by atoms with E-state index in [1.807, 2.05) is 0 Å². The van der Waals surface area contributed by atoms with Crippen LogP contribution in [0, 0.1) is 11.8 Å². The van der Waals surface area contributed by atoms with Gasteiger partial charge in [-0.05, 0) is 31.1 Å². The number of carbonyl (C=O) groups excluding carboxylic acids is 1. The second-order valence-electron chi connectivity index (χ2n) is 4.86. The van der Waals surface area contributed by atoms with Gasteiger partial charge < -0.3 is 4.74 Å². The van der Waals surface area contributed by atoms with E-state index in [1.54, 1.807) is 0 Å². The van der Waals surface area contributed by atoms with Gasteiger partial charge in [0.15, 0.2) is 0 Å². The minimum atomic E-state index is -0.116. The van der Waals surface area contributed by atoms with Gasteiger partial charge in [0, 0.05) is 6.92 Å². The Hall–Kier alpha value is -0.530. The summed E-state index contributed by atoms with van der Waals surface area (Å²) in [5, 5.41) is 0. The molecule has 1 saturated carbocycles. The van der Waals surface area contributed by atoms with Crippen molar-refractivity contribution in [3.63, 3.8) is 0 Å². The number of rotatable bonds is 5. The molecule has 2 heteroatoms. The van der Waals surface area contributed by atoms with Crippen molar-refractivity contribution in [1.82, 2.24) is 0 Å². The van der Waals surface area contributed by atoms with Crippen LogP contribution in [0.15, 0.2) is 0 Å². The number of esters is 1. The summed E-state index contributed by atoms with van der Waals surface area (Å²) in [6, 6.07) is 0. The van der Waals surface area contributed by atoms with Crippen molar-refractivity contribution in [2.45, 2.75) is 65.4 Å². The van der Waals surface area contributed by atoms with E-state index in [0.717, 1.165) is 12.3 Å². The van der Waals surface area contributed by atoms with E-state index in [2.05, 4.69) is 13.8 Å². The molecule has 1 aliphatic rings. The lowest BCUT2D eigenvalue weighted by atomic mass is 9.91. The molecule has 1 aliphatic carbocycles. The maximum absolute atomic E-state index is 11.0. The summed E-state index contributed by atoms with van der Waals surface area (Å²) in [4.78, 5) is 11.0. The molecule has 0 bridgehead atoms. The summed E-state index contributed by atoms with van der Waals surface area (Å²) in [6.45, 7) is 6.04. The van der Waals surface area contributed by atoms with E-state index in [-0.39, 0.29) is 12.1 Å². The standard InChI is InChI=1S/C13H24O2/c1-4-5-6-7-12-10(2)8-9-13(12)15-11(3)14/h10,12-13H,4-9H2,1-3H3. The Bertz CT molecular complexity index is 201. The normalized spacial score (nSPS) is 30.5. The second-order valence-corrected chi connectivity index (χ2v) is 4.86. The summed E-state index contributed by atoms with van der Waals surface area (Å²) in [7, 11) is 0. The minimum Gasteiger partial charge on any atom is -0.462 e. The van der Waals surface area contributed by atoms with E-state index in [4.69, 9.17) is 4.74 Å². The van der Waals surface area contributed by atoms with E-state index < -0.39 is 0 Å². The van der Waals surface area contributed by atoms with Crippen molar-refractivity contribution in [2.24, 2.45) is 11.8 Å².